The van der Waals surface area contributed by atoms with Crippen LogP contribution in [0.25, 0.3) is 0 Å². The lowest BCUT2D eigenvalue weighted by atomic mass is 10.1. The highest BCUT2D eigenvalue weighted by Crippen LogP contribution is 2.13. The Hall–Kier alpha value is -1.92. The van der Waals surface area contributed by atoms with E-state index in [4.69, 9.17) is 5.11 Å². The smallest absolute Gasteiger partial charge is 0.326 e. The molecule has 1 heterocycles. The first kappa shape index (κ1) is 17.1. The summed E-state index contributed by atoms with van der Waals surface area (Å²) < 4.78 is 0. The Labute approximate surface area is 123 Å². The molecule has 0 radical (unpaired) electrons. The number of hydrogen-bond acceptors (Lipinski definition) is 4. The summed E-state index contributed by atoms with van der Waals surface area (Å²) >= 11 is 0. The van der Waals surface area contributed by atoms with E-state index in [9.17, 15) is 19.2 Å². The van der Waals surface area contributed by atoms with Gasteiger partial charge in [-0.05, 0) is 19.8 Å². The standard InChI is InChI=1S/C14H22N2O5/c1-10(14(20)21)15(2)11(17)6-4-3-5-9-16-12(18)7-8-13(16)19/h10H,3-9H2,1-2H3,(H,20,21). The van der Waals surface area contributed by atoms with Gasteiger partial charge in [0.1, 0.15) is 6.04 Å². The minimum absolute atomic E-state index is 0.119. The molecule has 1 rings (SSSR count). The second-order valence-corrected chi connectivity index (χ2v) is 5.27. The molecule has 1 N–H and O–H groups in total. The zero-order chi connectivity index (χ0) is 16.0. The van der Waals surface area contributed by atoms with E-state index in [1.165, 1.54) is 23.8 Å². The fourth-order valence-corrected chi connectivity index (χ4v) is 2.15. The van der Waals surface area contributed by atoms with Gasteiger partial charge in [0.15, 0.2) is 0 Å². The van der Waals surface area contributed by atoms with Gasteiger partial charge in [0.05, 0.1) is 0 Å². The van der Waals surface area contributed by atoms with E-state index < -0.39 is 12.0 Å². The van der Waals surface area contributed by atoms with E-state index in [1.54, 1.807) is 0 Å². The largest absolute Gasteiger partial charge is 0.480 e. The van der Waals surface area contributed by atoms with E-state index >= 15 is 0 Å². The molecule has 1 unspecified atom stereocenters. The van der Waals surface area contributed by atoms with E-state index in [0.717, 1.165) is 6.42 Å². The number of aliphatic carboxylic acids is 1. The molecule has 0 bridgehead atoms. The first-order chi connectivity index (χ1) is 9.84. The van der Waals surface area contributed by atoms with Gasteiger partial charge in [-0.15, -0.1) is 0 Å². The number of carboxylic acids is 1. The van der Waals surface area contributed by atoms with Crippen molar-refractivity contribution in [3.05, 3.63) is 0 Å². The van der Waals surface area contributed by atoms with Crippen molar-refractivity contribution < 1.29 is 24.3 Å². The van der Waals surface area contributed by atoms with Crippen molar-refractivity contribution in [3.63, 3.8) is 0 Å². The van der Waals surface area contributed by atoms with Gasteiger partial charge in [0.25, 0.3) is 0 Å². The Morgan fingerprint density at radius 3 is 2.29 bits per heavy atom. The van der Waals surface area contributed by atoms with Crippen LogP contribution in [-0.4, -0.2) is 58.2 Å². The van der Waals surface area contributed by atoms with Gasteiger partial charge < -0.3 is 10.0 Å². The average molecular weight is 298 g/mol. The van der Waals surface area contributed by atoms with Gasteiger partial charge in [0, 0.05) is 32.9 Å². The first-order valence-electron chi connectivity index (χ1n) is 7.16. The molecule has 7 nitrogen and oxygen atoms in total. The van der Waals surface area contributed by atoms with Crippen LogP contribution in [0.5, 0.6) is 0 Å². The van der Waals surface area contributed by atoms with Crippen molar-refractivity contribution in [1.82, 2.24) is 9.80 Å². The number of carboxylic acid groups (broad SMARTS) is 1. The molecule has 7 heteroatoms. The van der Waals surface area contributed by atoms with Crippen LogP contribution in [0, 0.1) is 0 Å². The molecule has 3 amide bonds. The second kappa shape index (κ2) is 7.75. The predicted molar refractivity (Wildman–Crippen MR) is 74.3 cm³/mol. The zero-order valence-corrected chi connectivity index (χ0v) is 12.5. The number of imide groups is 1. The number of carbonyl (C=O) groups excluding carboxylic acids is 3. The van der Waals surface area contributed by atoms with Crippen LogP contribution in [0.15, 0.2) is 0 Å². The van der Waals surface area contributed by atoms with E-state index in [-0.39, 0.29) is 24.1 Å². The topological polar surface area (TPSA) is 95.0 Å². The number of nitrogens with zero attached hydrogens (tertiary/aromatic N) is 2. The quantitative estimate of drug-likeness (QED) is 0.524. The fraction of sp³-hybridized carbons (Fsp3) is 0.714. The number of likely N-dealkylation sites (N-methyl/N-ethyl adjacent to an activating group) is 1. The summed E-state index contributed by atoms with van der Waals surface area (Å²) in [5.41, 5.74) is 0. The normalized spacial score (nSPS) is 16.2. The number of amides is 3. The summed E-state index contributed by atoms with van der Waals surface area (Å²) in [5, 5.41) is 8.82. The SMILES string of the molecule is CC(C(=O)O)N(C)C(=O)CCCCCN1C(=O)CCC1=O. The fourth-order valence-electron chi connectivity index (χ4n) is 2.15. The number of unbranched alkanes of at least 4 members (excludes halogenated alkanes) is 2. The van der Waals surface area contributed by atoms with Gasteiger partial charge >= 0.3 is 5.97 Å². The summed E-state index contributed by atoms with van der Waals surface area (Å²) in [6, 6.07) is -0.836. The highest BCUT2D eigenvalue weighted by atomic mass is 16.4. The van der Waals surface area contributed by atoms with Crippen LogP contribution in [-0.2, 0) is 19.2 Å². The maximum absolute atomic E-state index is 11.8. The molecule has 1 atom stereocenters. The van der Waals surface area contributed by atoms with Crippen molar-refractivity contribution in [2.24, 2.45) is 0 Å². The minimum atomic E-state index is -1.03. The molecule has 0 saturated carbocycles. The Kier molecular flexibility index (Phi) is 6.33. The van der Waals surface area contributed by atoms with Crippen LogP contribution in [0.1, 0.15) is 45.4 Å². The van der Waals surface area contributed by atoms with E-state index in [2.05, 4.69) is 0 Å². The predicted octanol–water partition coefficient (Wildman–Crippen LogP) is 0.627. The van der Waals surface area contributed by atoms with Crippen molar-refractivity contribution in [2.45, 2.75) is 51.5 Å². The molecule has 1 saturated heterocycles. The third-order valence-electron chi connectivity index (χ3n) is 3.76. The van der Waals surface area contributed by atoms with Gasteiger partial charge in [-0.2, -0.15) is 0 Å². The molecule has 118 valence electrons. The summed E-state index contributed by atoms with van der Waals surface area (Å²) in [5.74, 6) is -1.48. The van der Waals surface area contributed by atoms with Crippen LogP contribution in [0.4, 0.5) is 0 Å². The van der Waals surface area contributed by atoms with Crippen molar-refractivity contribution in [1.29, 1.82) is 0 Å². The average Bonchev–Trinajstić information content (AvgIpc) is 2.76. The van der Waals surface area contributed by atoms with Crippen molar-refractivity contribution >= 4 is 23.7 Å². The molecule has 0 aliphatic carbocycles. The van der Waals surface area contributed by atoms with Crippen LogP contribution in [0.2, 0.25) is 0 Å². The highest BCUT2D eigenvalue weighted by Gasteiger charge is 2.28. The van der Waals surface area contributed by atoms with Gasteiger partial charge in [-0.3, -0.25) is 19.3 Å². The maximum atomic E-state index is 11.8. The molecule has 0 spiro atoms. The van der Waals surface area contributed by atoms with Gasteiger partial charge in [0.2, 0.25) is 17.7 Å². The number of likely N-dealkylation sites (tertiary alicyclic amines) is 1. The van der Waals surface area contributed by atoms with Gasteiger partial charge in [-0.25, -0.2) is 4.79 Å². The molecule has 1 aliphatic rings. The Morgan fingerprint density at radius 1 is 1.19 bits per heavy atom. The number of carbonyl (C=O) groups is 4. The minimum Gasteiger partial charge on any atom is -0.480 e. The second-order valence-electron chi connectivity index (χ2n) is 5.27. The molecule has 1 fully saturated rings. The number of rotatable bonds is 8. The Morgan fingerprint density at radius 2 is 1.76 bits per heavy atom. The van der Waals surface area contributed by atoms with Crippen LogP contribution < -0.4 is 0 Å². The molecule has 21 heavy (non-hydrogen) atoms. The molecule has 0 aromatic carbocycles. The lowest BCUT2D eigenvalue weighted by Gasteiger charge is -2.21. The number of hydrogen-bond donors (Lipinski definition) is 1. The third-order valence-corrected chi connectivity index (χ3v) is 3.76. The van der Waals surface area contributed by atoms with E-state index in [0.29, 0.717) is 32.2 Å². The Balaban J connectivity index is 2.19. The molecule has 1 aliphatic heterocycles. The maximum Gasteiger partial charge on any atom is 0.326 e. The molecule has 0 aromatic heterocycles. The first-order valence-corrected chi connectivity index (χ1v) is 7.16. The van der Waals surface area contributed by atoms with Crippen molar-refractivity contribution in [2.75, 3.05) is 13.6 Å². The van der Waals surface area contributed by atoms with Crippen LogP contribution >= 0.6 is 0 Å². The third kappa shape index (κ3) is 4.84. The lowest BCUT2D eigenvalue weighted by Crippen LogP contribution is -2.40. The highest BCUT2D eigenvalue weighted by molar-refractivity contribution is 6.01. The molecule has 0 aromatic rings. The van der Waals surface area contributed by atoms with Gasteiger partial charge in [-0.1, -0.05) is 6.42 Å². The summed E-state index contributed by atoms with van der Waals surface area (Å²) in [4.78, 5) is 47.8. The summed E-state index contributed by atoms with van der Waals surface area (Å²) in [6.07, 6.45) is 2.88. The zero-order valence-electron chi connectivity index (χ0n) is 12.5. The van der Waals surface area contributed by atoms with E-state index in [1.807, 2.05) is 0 Å². The van der Waals surface area contributed by atoms with Crippen LogP contribution in [0.3, 0.4) is 0 Å². The molecular weight excluding hydrogens is 276 g/mol. The molecular formula is C14H22N2O5. The lowest BCUT2D eigenvalue weighted by molar-refractivity contribution is -0.148. The summed E-state index contributed by atoms with van der Waals surface area (Å²) in [7, 11) is 1.47. The van der Waals surface area contributed by atoms with Crippen molar-refractivity contribution in [3.8, 4) is 0 Å². The Bertz CT molecular complexity index is 419. The summed E-state index contributed by atoms with van der Waals surface area (Å²) in [6.45, 7) is 1.87. The monoisotopic (exact) mass is 298 g/mol.